The molecule has 1 N–H and O–H groups in total. The molecule has 0 saturated carbocycles. The second-order valence-electron chi connectivity index (χ2n) is 2.84. The van der Waals surface area contributed by atoms with Crippen molar-refractivity contribution >= 4 is 24.2 Å². The van der Waals surface area contributed by atoms with Gasteiger partial charge >= 0.3 is 0 Å². The van der Waals surface area contributed by atoms with Gasteiger partial charge in [-0.25, -0.2) is 0 Å². The van der Waals surface area contributed by atoms with Crippen molar-refractivity contribution in [3.8, 4) is 0 Å². The van der Waals surface area contributed by atoms with Crippen molar-refractivity contribution < 1.29 is 0 Å². The van der Waals surface area contributed by atoms with E-state index in [1.54, 1.807) is 0 Å². The van der Waals surface area contributed by atoms with Crippen LogP contribution in [0.15, 0.2) is 0 Å². The summed E-state index contributed by atoms with van der Waals surface area (Å²) in [6.45, 7) is 5.77. The number of rotatable bonds is 1. The van der Waals surface area contributed by atoms with Crippen molar-refractivity contribution in [1.29, 1.82) is 0 Å². The molecule has 0 spiro atoms. The molecule has 0 amide bonds. The fraction of sp³-hybridized carbons (Fsp3) is 1.00. The molecular weight excluding hydrogens is 166 g/mol. The first kappa shape index (κ1) is 10.6. The Morgan fingerprint density at radius 2 is 2.20 bits per heavy atom. The van der Waals surface area contributed by atoms with Crippen molar-refractivity contribution in [2.45, 2.75) is 25.6 Å². The number of hydrogen-bond donors (Lipinski definition) is 1. The van der Waals surface area contributed by atoms with Crippen molar-refractivity contribution in [2.24, 2.45) is 5.92 Å². The zero-order valence-corrected chi connectivity index (χ0v) is 8.23. The maximum atomic E-state index is 3.48. The van der Waals surface area contributed by atoms with Crippen LogP contribution in [0.25, 0.3) is 0 Å². The molecule has 0 aromatic heterocycles. The average Bonchev–Trinajstić information content (AvgIpc) is 1.90. The number of hydrogen-bond acceptors (Lipinski definition) is 2. The molecule has 1 fully saturated rings. The van der Waals surface area contributed by atoms with Crippen molar-refractivity contribution in [3.05, 3.63) is 0 Å². The van der Waals surface area contributed by atoms with E-state index in [4.69, 9.17) is 0 Å². The summed E-state index contributed by atoms with van der Waals surface area (Å²) in [6.07, 6.45) is 1.34. The van der Waals surface area contributed by atoms with E-state index >= 15 is 0 Å². The summed E-state index contributed by atoms with van der Waals surface area (Å²) in [5, 5.41) is 4.20. The minimum atomic E-state index is 0. The van der Waals surface area contributed by atoms with Crippen molar-refractivity contribution in [1.82, 2.24) is 5.32 Å². The van der Waals surface area contributed by atoms with Crippen LogP contribution >= 0.6 is 24.2 Å². The molecule has 1 saturated heterocycles. The van der Waals surface area contributed by atoms with Crippen LogP contribution in [0.2, 0.25) is 0 Å². The normalized spacial score (nSPS) is 26.1. The van der Waals surface area contributed by atoms with E-state index in [9.17, 15) is 0 Å². The van der Waals surface area contributed by atoms with Crippen molar-refractivity contribution in [2.75, 3.05) is 12.3 Å². The highest BCUT2D eigenvalue weighted by Gasteiger charge is 2.15. The minimum absolute atomic E-state index is 0. The summed E-state index contributed by atoms with van der Waals surface area (Å²) < 4.78 is 0. The van der Waals surface area contributed by atoms with E-state index in [-0.39, 0.29) is 12.4 Å². The smallest absolute Gasteiger partial charge is 0.0555 e. The van der Waals surface area contributed by atoms with E-state index in [1.807, 2.05) is 0 Å². The molecule has 1 atom stereocenters. The first-order chi connectivity index (χ1) is 4.30. The van der Waals surface area contributed by atoms with Gasteiger partial charge in [0.15, 0.2) is 0 Å². The Hall–Kier alpha value is 0.600. The van der Waals surface area contributed by atoms with Gasteiger partial charge in [-0.1, -0.05) is 13.8 Å². The lowest BCUT2D eigenvalue weighted by Gasteiger charge is -2.25. The first-order valence-electron chi connectivity index (χ1n) is 3.65. The highest BCUT2D eigenvalue weighted by atomic mass is 35.5. The Bertz CT molecular complexity index is 81.7. The topological polar surface area (TPSA) is 12.0 Å². The maximum absolute atomic E-state index is 3.48. The third-order valence-corrected chi connectivity index (χ3v) is 3.16. The van der Waals surface area contributed by atoms with Crippen LogP contribution in [0.4, 0.5) is 0 Å². The lowest BCUT2D eigenvalue weighted by molar-refractivity contribution is 0.501. The Morgan fingerprint density at radius 1 is 1.50 bits per heavy atom. The fourth-order valence-electron chi connectivity index (χ4n) is 1.01. The summed E-state index contributed by atoms with van der Waals surface area (Å²) in [5.41, 5.74) is 0. The first-order valence-corrected chi connectivity index (χ1v) is 4.70. The zero-order chi connectivity index (χ0) is 6.69. The van der Waals surface area contributed by atoms with Gasteiger partial charge in [-0.3, -0.25) is 0 Å². The quantitative estimate of drug-likeness (QED) is 0.665. The number of halogens is 1. The predicted octanol–water partition coefficient (Wildman–Crippen LogP) is 2.12. The standard InChI is InChI=1S/C7H15NS.ClH/c1-6(2)7-8-4-3-5-9-7;/h6-8H,3-5H2,1-2H3;1H. The third kappa shape index (κ3) is 3.13. The van der Waals surface area contributed by atoms with Crippen molar-refractivity contribution in [3.63, 3.8) is 0 Å². The van der Waals surface area contributed by atoms with Crippen LogP contribution in [-0.2, 0) is 0 Å². The molecule has 1 nitrogen and oxygen atoms in total. The van der Waals surface area contributed by atoms with Gasteiger partial charge < -0.3 is 5.32 Å². The summed E-state index contributed by atoms with van der Waals surface area (Å²) in [6, 6.07) is 0. The van der Waals surface area contributed by atoms with E-state index in [0.717, 1.165) is 11.3 Å². The van der Waals surface area contributed by atoms with Crippen LogP contribution in [0.1, 0.15) is 20.3 Å². The summed E-state index contributed by atoms with van der Waals surface area (Å²) in [7, 11) is 0. The molecule has 3 heteroatoms. The Kier molecular flexibility index (Phi) is 5.59. The lowest BCUT2D eigenvalue weighted by Crippen LogP contribution is -2.35. The van der Waals surface area contributed by atoms with Gasteiger partial charge in [0, 0.05) is 0 Å². The molecule has 1 aliphatic rings. The molecule has 1 heterocycles. The molecule has 0 aromatic rings. The van der Waals surface area contributed by atoms with Gasteiger partial charge in [0.05, 0.1) is 5.37 Å². The van der Waals surface area contributed by atoms with E-state index in [2.05, 4.69) is 30.9 Å². The minimum Gasteiger partial charge on any atom is -0.305 e. The molecule has 10 heavy (non-hydrogen) atoms. The summed E-state index contributed by atoms with van der Waals surface area (Å²) in [4.78, 5) is 0. The number of thioether (sulfide) groups is 1. The number of nitrogens with one attached hydrogen (secondary N) is 1. The lowest BCUT2D eigenvalue weighted by atomic mass is 10.2. The van der Waals surface area contributed by atoms with Gasteiger partial charge in [-0.2, -0.15) is 0 Å². The Balaban J connectivity index is 0.000000810. The predicted molar refractivity (Wildman–Crippen MR) is 51.0 cm³/mol. The van der Waals surface area contributed by atoms with Crippen LogP contribution in [0.3, 0.4) is 0 Å². The van der Waals surface area contributed by atoms with Gasteiger partial charge in [0.2, 0.25) is 0 Å². The second-order valence-corrected chi connectivity index (χ2v) is 4.09. The third-order valence-electron chi connectivity index (χ3n) is 1.57. The van der Waals surface area contributed by atoms with Crippen LogP contribution in [-0.4, -0.2) is 17.7 Å². The molecule has 62 valence electrons. The Morgan fingerprint density at radius 3 is 2.50 bits per heavy atom. The van der Waals surface area contributed by atoms with Gasteiger partial charge in [0.1, 0.15) is 0 Å². The molecule has 0 bridgehead atoms. The molecule has 0 aliphatic carbocycles. The molecule has 0 aromatic carbocycles. The van der Waals surface area contributed by atoms with Crippen LogP contribution in [0.5, 0.6) is 0 Å². The molecular formula is C7H16ClNS. The molecule has 1 rings (SSSR count). The SMILES string of the molecule is CC(C)C1NCCCS1.Cl. The Labute approximate surface area is 73.7 Å². The van der Waals surface area contributed by atoms with Gasteiger partial charge in [0.25, 0.3) is 0 Å². The average molecular weight is 182 g/mol. The fourth-order valence-corrected chi connectivity index (χ4v) is 2.20. The van der Waals surface area contributed by atoms with E-state index < -0.39 is 0 Å². The highest BCUT2D eigenvalue weighted by molar-refractivity contribution is 7.99. The monoisotopic (exact) mass is 181 g/mol. The van der Waals surface area contributed by atoms with Gasteiger partial charge in [-0.05, 0) is 24.6 Å². The molecule has 0 radical (unpaired) electrons. The largest absolute Gasteiger partial charge is 0.305 e. The second kappa shape index (κ2) is 5.28. The maximum Gasteiger partial charge on any atom is 0.0555 e. The van der Waals surface area contributed by atoms with E-state index in [0.29, 0.717) is 0 Å². The zero-order valence-electron chi connectivity index (χ0n) is 6.59. The van der Waals surface area contributed by atoms with Crippen LogP contribution in [0, 0.1) is 5.92 Å². The van der Waals surface area contributed by atoms with Crippen LogP contribution < -0.4 is 5.32 Å². The molecule has 1 aliphatic heterocycles. The van der Waals surface area contributed by atoms with E-state index in [1.165, 1.54) is 18.7 Å². The van der Waals surface area contributed by atoms with Gasteiger partial charge in [-0.15, -0.1) is 24.2 Å². The highest BCUT2D eigenvalue weighted by Crippen LogP contribution is 2.20. The summed E-state index contributed by atoms with van der Waals surface area (Å²) in [5.74, 6) is 2.13. The summed E-state index contributed by atoms with van der Waals surface area (Å²) >= 11 is 2.06. The molecule has 1 unspecified atom stereocenters.